The molecule has 0 aliphatic rings. The Bertz CT molecular complexity index is 926. The van der Waals surface area contributed by atoms with Gasteiger partial charge in [0.05, 0.1) is 0 Å². The van der Waals surface area contributed by atoms with Crippen molar-refractivity contribution in [1.82, 2.24) is 5.32 Å². The van der Waals surface area contributed by atoms with Crippen molar-refractivity contribution in [3.8, 4) is 5.75 Å². The van der Waals surface area contributed by atoms with E-state index in [1.165, 1.54) is 0 Å². The molecule has 0 aromatic heterocycles. The summed E-state index contributed by atoms with van der Waals surface area (Å²) >= 11 is 7.91. The molecule has 3 rings (SSSR count). The van der Waals surface area contributed by atoms with Crippen LogP contribution in [0.15, 0.2) is 66.7 Å². The molecule has 0 bridgehead atoms. The third-order valence-electron chi connectivity index (χ3n) is 4.44. The molecule has 1 N–H and O–H groups in total. The van der Waals surface area contributed by atoms with Crippen LogP contribution in [0.5, 0.6) is 5.75 Å². The van der Waals surface area contributed by atoms with Crippen molar-refractivity contribution < 1.29 is 9.53 Å². The molecule has 3 aromatic rings. The van der Waals surface area contributed by atoms with E-state index in [1.807, 2.05) is 73.7 Å². The van der Waals surface area contributed by atoms with E-state index in [2.05, 4.69) is 5.32 Å². The minimum absolute atomic E-state index is 0.0752. The van der Waals surface area contributed by atoms with Crippen molar-refractivity contribution in [1.29, 1.82) is 0 Å². The highest BCUT2D eigenvalue weighted by Crippen LogP contribution is 2.26. The maximum Gasteiger partial charge on any atom is 0.261 e. The van der Waals surface area contributed by atoms with Crippen molar-refractivity contribution in [2.24, 2.45) is 0 Å². The van der Waals surface area contributed by atoms with E-state index in [0.717, 1.165) is 38.6 Å². The zero-order chi connectivity index (χ0) is 19.8. The third kappa shape index (κ3) is 5.43. The van der Waals surface area contributed by atoms with Crippen molar-refractivity contribution >= 4 is 40.0 Å². The van der Waals surface area contributed by atoms with Gasteiger partial charge < -0.3 is 10.1 Å². The summed E-state index contributed by atoms with van der Waals surface area (Å²) in [6.45, 7) is 2.56. The Labute approximate surface area is 175 Å². The summed E-state index contributed by atoms with van der Waals surface area (Å²) in [7, 11) is 0. The first-order chi connectivity index (χ1) is 13.7. The summed E-state index contributed by atoms with van der Waals surface area (Å²) in [4.78, 5) is 12.5. The fourth-order valence-corrected chi connectivity index (χ4v) is 4.08. The second kappa shape index (κ2) is 10.4. The minimum atomic E-state index is -0.501. The highest BCUT2D eigenvalue weighted by Gasteiger charge is 2.18. The number of thioether (sulfide) groups is 1. The highest BCUT2D eigenvalue weighted by molar-refractivity contribution is 7.98. The third-order valence-corrected chi connectivity index (χ3v) is 5.82. The molecule has 1 amide bonds. The molecular formula is C23H24ClNO2S. The van der Waals surface area contributed by atoms with Crippen molar-refractivity contribution in [2.75, 3.05) is 12.3 Å². The summed E-state index contributed by atoms with van der Waals surface area (Å²) in [6, 6.07) is 21.8. The fourth-order valence-electron chi connectivity index (χ4n) is 2.93. The number of fused-ring (bicyclic) bond motifs is 1. The fraction of sp³-hybridized carbons (Fsp3) is 0.261. The number of halogens is 1. The van der Waals surface area contributed by atoms with Crippen LogP contribution < -0.4 is 10.1 Å². The maximum absolute atomic E-state index is 12.5. The molecular weight excluding hydrogens is 390 g/mol. The molecule has 5 heteroatoms. The molecule has 0 saturated carbocycles. The number of carbonyl (C=O) groups excluding carboxylic acids is 1. The summed E-state index contributed by atoms with van der Waals surface area (Å²) in [6.07, 6.45) is 0.112. The van der Waals surface area contributed by atoms with E-state index in [9.17, 15) is 4.79 Å². The number of ether oxygens (including phenoxy) is 1. The molecule has 3 nitrogen and oxygen atoms in total. The van der Waals surface area contributed by atoms with Gasteiger partial charge in [0.2, 0.25) is 0 Å². The highest BCUT2D eigenvalue weighted by atomic mass is 35.5. The molecule has 0 aliphatic heterocycles. The number of benzene rings is 3. The first kappa shape index (κ1) is 20.6. The SMILES string of the molecule is CC[C@H](Oc1cccc2ccccc12)C(=O)NCCSCc1ccccc1Cl. The lowest BCUT2D eigenvalue weighted by Crippen LogP contribution is -2.39. The van der Waals surface area contributed by atoms with E-state index in [0.29, 0.717) is 13.0 Å². The van der Waals surface area contributed by atoms with Gasteiger partial charge in [-0.15, -0.1) is 0 Å². The Morgan fingerprint density at radius 1 is 1.07 bits per heavy atom. The van der Waals surface area contributed by atoms with Gasteiger partial charge in [0, 0.05) is 28.5 Å². The number of amides is 1. The quantitative estimate of drug-likeness (QED) is 0.457. The summed E-state index contributed by atoms with van der Waals surface area (Å²) in [5.74, 6) is 2.32. The predicted molar refractivity (Wildman–Crippen MR) is 119 cm³/mol. The Morgan fingerprint density at radius 3 is 2.64 bits per heavy atom. The summed E-state index contributed by atoms with van der Waals surface area (Å²) < 4.78 is 6.04. The topological polar surface area (TPSA) is 38.3 Å². The smallest absolute Gasteiger partial charge is 0.261 e. The van der Waals surface area contributed by atoms with E-state index in [1.54, 1.807) is 11.8 Å². The molecule has 1 atom stereocenters. The molecule has 0 aliphatic carbocycles. The van der Waals surface area contributed by atoms with E-state index >= 15 is 0 Å². The van der Waals surface area contributed by atoms with Gasteiger partial charge in [0.1, 0.15) is 5.75 Å². The Hall–Kier alpha value is -2.17. The van der Waals surface area contributed by atoms with Crippen LogP contribution in [0.4, 0.5) is 0 Å². The molecule has 0 heterocycles. The number of nitrogens with one attached hydrogen (secondary N) is 1. The van der Waals surface area contributed by atoms with E-state index < -0.39 is 6.10 Å². The van der Waals surface area contributed by atoms with E-state index in [-0.39, 0.29) is 5.91 Å². The normalized spacial score (nSPS) is 11.9. The van der Waals surface area contributed by atoms with Crippen molar-refractivity contribution in [2.45, 2.75) is 25.2 Å². The second-order valence-electron chi connectivity index (χ2n) is 6.43. The van der Waals surface area contributed by atoms with Crippen LogP contribution in [-0.2, 0) is 10.5 Å². The van der Waals surface area contributed by atoms with Crippen LogP contribution in [0.25, 0.3) is 10.8 Å². The Balaban J connectivity index is 1.49. The monoisotopic (exact) mass is 413 g/mol. The zero-order valence-electron chi connectivity index (χ0n) is 15.9. The number of carbonyl (C=O) groups is 1. The molecule has 146 valence electrons. The van der Waals surface area contributed by atoms with Gasteiger partial charge in [-0.25, -0.2) is 0 Å². The Kier molecular flexibility index (Phi) is 7.63. The van der Waals surface area contributed by atoms with E-state index in [4.69, 9.17) is 16.3 Å². The zero-order valence-corrected chi connectivity index (χ0v) is 17.4. The van der Waals surface area contributed by atoms with Gasteiger partial charge in [-0.3, -0.25) is 4.79 Å². The van der Waals surface area contributed by atoms with Crippen LogP contribution in [0.2, 0.25) is 5.02 Å². The standard InChI is InChI=1S/C23H24ClNO2S/c1-2-21(27-22-13-7-10-17-8-3-5-11-19(17)22)23(26)25-14-15-28-16-18-9-4-6-12-20(18)24/h3-13,21H,2,14-16H2,1H3,(H,25,26)/t21-/m0/s1. The van der Waals surface area contributed by atoms with Gasteiger partial charge in [-0.2, -0.15) is 11.8 Å². The molecule has 0 fully saturated rings. The molecule has 0 spiro atoms. The summed E-state index contributed by atoms with van der Waals surface area (Å²) in [5, 5.41) is 5.89. The van der Waals surface area contributed by atoms with Crippen LogP contribution in [0.1, 0.15) is 18.9 Å². The average Bonchev–Trinajstić information content (AvgIpc) is 2.73. The molecule has 0 saturated heterocycles. The number of hydrogen-bond donors (Lipinski definition) is 1. The van der Waals surface area contributed by atoms with Gasteiger partial charge in [0.15, 0.2) is 6.10 Å². The van der Waals surface area contributed by atoms with Crippen molar-refractivity contribution in [3.63, 3.8) is 0 Å². The number of hydrogen-bond acceptors (Lipinski definition) is 3. The van der Waals surface area contributed by atoms with Crippen LogP contribution in [0, 0.1) is 0 Å². The second-order valence-corrected chi connectivity index (χ2v) is 7.94. The lowest BCUT2D eigenvalue weighted by molar-refractivity contribution is -0.127. The van der Waals surface area contributed by atoms with Gasteiger partial charge in [0.25, 0.3) is 5.91 Å². The average molecular weight is 414 g/mol. The van der Waals surface area contributed by atoms with Crippen LogP contribution in [-0.4, -0.2) is 24.3 Å². The van der Waals surface area contributed by atoms with Gasteiger partial charge in [-0.05, 0) is 29.5 Å². The molecule has 0 unspecified atom stereocenters. The summed E-state index contributed by atoms with van der Waals surface area (Å²) in [5.41, 5.74) is 1.12. The Morgan fingerprint density at radius 2 is 1.82 bits per heavy atom. The van der Waals surface area contributed by atoms with Crippen LogP contribution >= 0.6 is 23.4 Å². The van der Waals surface area contributed by atoms with Gasteiger partial charge in [-0.1, -0.05) is 73.1 Å². The first-order valence-corrected chi connectivity index (χ1v) is 11.0. The minimum Gasteiger partial charge on any atom is -0.480 e. The molecule has 3 aromatic carbocycles. The maximum atomic E-state index is 12.5. The van der Waals surface area contributed by atoms with Crippen LogP contribution in [0.3, 0.4) is 0 Å². The molecule has 28 heavy (non-hydrogen) atoms. The van der Waals surface area contributed by atoms with Gasteiger partial charge >= 0.3 is 0 Å². The largest absolute Gasteiger partial charge is 0.480 e. The first-order valence-electron chi connectivity index (χ1n) is 9.42. The lowest BCUT2D eigenvalue weighted by atomic mass is 10.1. The van der Waals surface area contributed by atoms with Crippen molar-refractivity contribution in [3.05, 3.63) is 77.3 Å². The molecule has 0 radical (unpaired) electrons. The number of rotatable bonds is 9. The predicted octanol–water partition coefficient (Wildman–Crippen LogP) is 5.70. The lowest BCUT2D eigenvalue weighted by Gasteiger charge is -2.18.